The quantitative estimate of drug-likeness (QED) is 0.459. The number of benzene rings is 2. The van der Waals surface area contributed by atoms with Crippen molar-refractivity contribution in [3.05, 3.63) is 59.5 Å². The predicted octanol–water partition coefficient (Wildman–Crippen LogP) is 4.29. The Morgan fingerprint density at radius 1 is 1.04 bits per heavy atom. The molecule has 0 unspecified atom stereocenters. The van der Waals surface area contributed by atoms with Gasteiger partial charge in [0.15, 0.2) is 0 Å². The van der Waals surface area contributed by atoms with Crippen molar-refractivity contribution in [3.63, 3.8) is 0 Å². The van der Waals surface area contributed by atoms with Gasteiger partial charge in [-0.1, -0.05) is 11.2 Å². The molecule has 3 aromatic rings. The summed E-state index contributed by atoms with van der Waals surface area (Å²) >= 11 is 0. The highest BCUT2D eigenvalue weighted by molar-refractivity contribution is 5.72. The Hall–Kier alpha value is -3.15. The number of carbonyl (C=O) groups excluding carboxylic acids is 1. The molecule has 1 aromatic heterocycles. The Kier molecular flexibility index (Phi) is 5.86. The highest BCUT2D eigenvalue weighted by atomic mass is 16.5. The van der Waals surface area contributed by atoms with Gasteiger partial charge in [-0.3, -0.25) is 4.79 Å². The van der Waals surface area contributed by atoms with Crippen molar-refractivity contribution in [3.8, 4) is 22.9 Å². The number of esters is 1. The molecule has 0 aliphatic rings. The fourth-order valence-corrected chi connectivity index (χ4v) is 2.72. The van der Waals surface area contributed by atoms with Crippen LogP contribution in [0.4, 0.5) is 0 Å². The fraction of sp³-hybridized carbons (Fsp3) is 0.286. The van der Waals surface area contributed by atoms with Crippen LogP contribution in [0.1, 0.15) is 30.4 Å². The SMILES string of the molecule is CCOc1ccc(-c2noc(CCC(=O)Oc3cc(C)cc(C)c3)n2)cc1. The normalized spacial score (nSPS) is 10.6. The standard InChI is InChI=1S/C21H22N2O4/c1-4-25-17-7-5-16(6-8-17)21-22-19(27-23-21)9-10-20(24)26-18-12-14(2)11-15(3)13-18/h5-8,11-13H,4,9-10H2,1-3H3. The molecule has 0 spiro atoms. The molecule has 0 fully saturated rings. The molecule has 0 saturated carbocycles. The summed E-state index contributed by atoms with van der Waals surface area (Å²) in [6.45, 7) is 6.48. The molecule has 0 saturated heterocycles. The van der Waals surface area contributed by atoms with Crippen molar-refractivity contribution < 1.29 is 18.8 Å². The summed E-state index contributed by atoms with van der Waals surface area (Å²) in [6.07, 6.45) is 0.492. The molecule has 140 valence electrons. The van der Waals surface area contributed by atoms with Crippen LogP contribution in [0.3, 0.4) is 0 Å². The minimum Gasteiger partial charge on any atom is -0.494 e. The van der Waals surface area contributed by atoms with E-state index in [0.717, 1.165) is 22.4 Å². The number of nitrogens with zero attached hydrogens (tertiary/aromatic N) is 2. The molecule has 0 aliphatic heterocycles. The number of aryl methyl sites for hydroxylation is 3. The highest BCUT2D eigenvalue weighted by Gasteiger charge is 2.12. The van der Waals surface area contributed by atoms with E-state index in [4.69, 9.17) is 14.0 Å². The maximum absolute atomic E-state index is 12.1. The van der Waals surface area contributed by atoms with E-state index < -0.39 is 0 Å². The van der Waals surface area contributed by atoms with Crippen LogP contribution in [0.25, 0.3) is 11.4 Å². The van der Waals surface area contributed by atoms with E-state index in [0.29, 0.717) is 30.5 Å². The number of ether oxygens (including phenoxy) is 2. The lowest BCUT2D eigenvalue weighted by Gasteiger charge is -2.05. The van der Waals surface area contributed by atoms with Crippen molar-refractivity contribution in [1.82, 2.24) is 10.1 Å². The molecular formula is C21H22N2O4. The average molecular weight is 366 g/mol. The third-order valence-corrected chi connectivity index (χ3v) is 3.86. The molecule has 0 bridgehead atoms. The van der Waals surface area contributed by atoms with Crippen molar-refractivity contribution in [2.75, 3.05) is 6.61 Å². The zero-order valence-corrected chi connectivity index (χ0v) is 15.7. The van der Waals surface area contributed by atoms with Crippen LogP contribution in [0.5, 0.6) is 11.5 Å². The highest BCUT2D eigenvalue weighted by Crippen LogP contribution is 2.21. The van der Waals surface area contributed by atoms with Gasteiger partial charge in [-0.15, -0.1) is 0 Å². The Morgan fingerprint density at radius 3 is 2.41 bits per heavy atom. The van der Waals surface area contributed by atoms with Gasteiger partial charge in [0.1, 0.15) is 11.5 Å². The van der Waals surface area contributed by atoms with Crippen LogP contribution < -0.4 is 9.47 Å². The van der Waals surface area contributed by atoms with E-state index in [2.05, 4.69) is 10.1 Å². The Labute approximate surface area is 158 Å². The molecule has 0 radical (unpaired) electrons. The van der Waals surface area contributed by atoms with E-state index >= 15 is 0 Å². The van der Waals surface area contributed by atoms with E-state index in [1.54, 1.807) is 0 Å². The smallest absolute Gasteiger partial charge is 0.311 e. The van der Waals surface area contributed by atoms with E-state index in [1.165, 1.54) is 0 Å². The number of hydrogen-bond donors (Lipinski definition) is 0. The number of carbonyl (C=O) groups is 1. The minimum atomic E-state index is -0.333. The summed E-state index contributed by atoms with van der Waals surface area (Å²) in [7, 11) is 0. The van der Waals surface area contributed by atoms with Gasteiger partial charge < -0.3 is 14.0 Å². The van der Waals surface area contributed by atoms with Crippen LogP contribution >= 0.6 is 0 Å². The van der Waals surface area contributed by atoms with Crippen molar-refractivity contribution >= 4 is 5.97 Å². The fourth-order valence-electron chi connectivity index (χ4n) is 2.72. The molecule has 1 heterocycles. The van der Waals surface area contributed by atoms with E-state index in [-0.39, 0.29) is 12.4 Å². The molecule has 2 aromatic carbocycles. The minimum absolute atomic E-state index is 0.165. The summed E-state index contributed by atoms with van der Waals surface area (Å²) in [6, 6.07) is 13.1. The molecule has 0 N–H and O–H groups in total. The molecule has 27 heavy (non-hydrogen) atoms. The van der Waals surface area contributed by atoms with E-state index in [1.807, 2.05) is 63.2 Å². The van der Waals surface area contributed by atoms with Crippen LogP contribution in [0.2, 0.25) is 0 Å². The van der Waals surface area contributed by atoms with Crippen molar-refractivity contribution in [1.29, 1.82) is 0 Å². The van der Waals surface area contributed by atoms with Gasteiger partial charge in [-0.2, -0.15) is 4.98 Å². The molecule has 6 heteroatoms. The lowest BCUT2D eigenvalue weighted by atomic mass is 10.1. The first-order chi connectivity index (χ1) is 13.0. The van der Waals surface area contributed by atoms with Gasteiger partial charge in [-0.25, -0.2) is 0 Å². The van der Waals surface area contributed by atoms with Gasteiger partial charge in [0.2, 0.25) is 11.7 Å². The second-order valence-electron chi connectivity index (χ2n) is 6.27. The van der Waals surface area contributed by atoms with Crippen molar-refractivity contribution in [2.45, 2.75) is 33.6 Å². The molecular weight excluding hydrogens is 344 g/mol. The van der Waals surface area contributed by atoms with Crippen LogP contribution in [-0.2, 0) is 11.2 Å². The zero-order chi connectivity index (χ0) is 19.2. The first-order valence-electron chi connectivity index (χ1n) is 8.88. The van der Waals surface area contributed by atoms with Crippen LogP contribution in [0, 0.1) is 13.8 Å². The third-order valence-electron chi connectivity index (χ3n) is 3.86. The van der Waals surface area contributed by atoms with Gasteiger partial charge in [0, 0.05) is 12.0 Å². The largest absolute Gasteiger partial charge is 0.494 e. The lowest BCUT2D eigenvalue weighted by Crippen LogP contribution is -2.09. The number of rotatable bonds is 7. The topological polar surface area (TPSA) is 74.5 Å². The summed E-state index contributed by atoms with van der Waals surface area (Å²) in [5, 5.41) is 3.97. The Morgan fingerprint density at radius 2 is 1.74 bits per heavy atom. The number of hydrogen-bond acceptors (Lipinski definition) is 6. The van der Waals surface area contributed by atoms with Crippen molar-refractivity contribution in [2.24, 2.45) is 0 Å². The summed E-state index contributed by atoms with van der Waals surface area (Å²) in [5.74, 6) is 1.89. The lowest BCUT2D eigenvalue weighted by molar-refractivity contribution is -0.134. The van der Waals surface area contributed by atoms with Gasteiger partial charge >= 0.3 is 5.97 Å². The predicted molar refractivity (Wildman–Crippen MR) is 101 cm³/mol. The molecule has 3 rings (SSSR count). The Bertz CT molecular complexity index is 896. The average Bonchev–Trinajstić information content (AvgIpc) is 3.09. The van der Waals surface area contributed by atoms with Gasteiger partial charge in [-0.05, 0) is 68.3 Å². The third kappa shape index (κ3) is 5.17. The first-order valence-corrected chi connectivity index (χ1v) is 8.88. The van der Waals surface area contributed by atoms with Gasteiger partial charge in [0.05, 0.1) is 13.0 Å². The maximum atomic E-state index is 12.1. The van der Waals surface area contributed by atoms with Crippen LogP contribution in [0.15, 0.2) is 47.0 Å². The monoisotopic (exact) mass is 366 g/mol. The second kappa shape index (κ2) is 8.49. The van der Waals surface area contributed by atoms with Crippen LogP contribution in [-0.4, -0.2) is 22.7 Å². The number of aromatic nitrogens is 2. The molecule has 0 atom stereocenters. The summed E-state index contributed by atoms with van der Waals surface area (Å²) < 4.78 is 16.0. The maximum Gasteiger partial charge on any atom is 0.311 e. The second-order valence-corrected chi connectivity index (χ2v) is 6.27. The summed E-state index contributed by atoms with van der Waals surface area (Å²) in [4.78, 5) is 16.4. The summed E-state index contributed by atoms with van der Waals surface area (Å²) in [5.41, 5.74) is 2.93. The van der Waals surface area contributed by atoms with E-state index in [9.17, 15) is 4.79 Å². The Balaban J connectivity index is 1.56. The molecule has 6 nitrogen and oxygen atoms in total. The van der Waals surface area contributed by atoms with Gasteiger partial charge in [0.25, 0.3) is 0 Å². The molecule has 0 amide bonds. The molecule has 0 aliphatic carbocycles. The zero-order valence-electron chi connectivity index (χ0n) is 15.7. The first kappa shape index (κ1) is 18.6.